The van der Waals surface area contributed by atoms with Crippen LogP contribution in [0.1, 0.15) is 13.3 Å². The molecule has 0 heterocycles. The van der Waals surface area contributed by atoms with Crippen molar-refractivity contribution in [3.8, 4) is 0 Å². The van der Waals surface area contributed by atoms with E-state index in [0.717, 1.165) is 6.42 Å². The molecule has 0 aliphatic rings. The van der Waals surface area contributed by atoms with Crippen LogP contribution in [0.15, 0.2) is 0 Å². The van der Waals surface area contributed by atoms with Gasteiger partial charge in [-0.3, -0.25) is 0 Å². The Morgan fingerprint density at radius 3 is 2.25 bits per heavy atom. The zero-order chi connectivity index (χ0) is 6.62. The molecule has 0 unspecified atom stereocenters. The summed E-state index contributed by atoms with van der Waals surface area (Å²) in [6, 6.07) is 0. The van der Waals surface area contributed by atoms with E-state index in [1.165, 1.54) is 0 Å². The fraction of sp³-hybridized carbons (Fsp3) is 1.00. The molecule has 0 fully saturated rings. The van der Waals surface area contributed by atoms with E-state index in [1.807, 2.05) is 6.92 Å². The summed E-state index contributed by atoms with van der Waals surface area (Å²) >= 11 is 0.153. The van der Waals surface area contributed by atoms with Crippen LogP contribution in [-0.2, 0) is 11.5 Å². The van der Waals surface area contributed by atoms with Gasteiger partial charge in [0.1, 0.15) is 0 Å². The van der Waals surface area contributed by atoms with Crippen molar-refractivity contribution in [2.75, 3.05) is 6.61 Å². The van der Waals surface area contributed by atoms with Crippen LogP contribution in [0.25, 0.3) is 0 Å². The van der Waals surface area contributed by atoms with Crippen molar-refractivity contribution in [2.24, 2.45) is 0 Å². The van der Waals surface area contributed by atoms with E-state index in [-0.39, 0.29) is 21.1 Å². The van der Waals surface area contributed by atoms with E-state index < -0.39 is 7.30 Å². The Labute approximate surface area is 61.1 Å². The molecule has 0 aliphatic heterocycles. The Morgan fingerprint density at radius 2 is 2.12 bits per heavy atom. The molecule has 0 bridgehead atoms. The summed E-state index contributed by atoms with van der Waals surface area (Å²) in [4.78, 5) is 0. The Hall–Kier alpha value is 0.709. The van der Waals surface area contributed by atoms with Gasteiger partial charge in [0, 0.05) is 0 Å². The molecule has 48 valence electrons. The Morgan fingerprint density at radius 1 is 1.62 bits per heavy atom. The maximum atomic E-state index is 10.2. The van der Waals surface area contributed by atoms with Crippen LogP contribution >= 0.6 is 0 Å². The molecule has 0 N–H and O–H groups in total. The maximum absolute atomic E-state index is 10.2. The molecule has 0 aromatic heterocycles. The molecule has 0 rings (SSSR count). The van der Waals surface area contributed by atoms with Gasteiger partial charge in [-0.05, 0) is 0 Å². The standard InChI is InChI=1S/C3H7O3S.Sn.H/c1-2-3-6-7(4)5;;/h2-3H2,1H3;;. The second kappa shape index (κ2) is 3.68. The summed E-state index contributed by atoms with van der Waals surface area (Å²) in [6.45, 7) is 2.19. The second-order valence-electron chi connectivity index (χ2n) is 1.31. The molecule has 2 radical (unpaired) electrons. The monoisotopic (exact) mass is 244 g/mol. The van der Waals surface area contributed by atoms with E-state index >= 15 is 0 Å². The van der Waals surface area contributed by atoms with Crippen molar-refractivity contribution in [3.63, 3.8) is 0 Å². The first kappa shape index (κ1) is 8.71. The van der Waals surface area contributed by atoms with Crippen molar-refractivity contribution in [1.82, 2.24) is 0 Å². The SMILES string of the molecule is CCCO[S](=O)(=O)[SnH]. The van der Waals surface area contributed by atoms with Crippen LogP contribution in [-0.4, -0.2) is 36.2 Å². The first-order valence-corrected chi connectivity index (χ1v) is 7.74. The molecule has 8 heavy (non-hydrogen) atoms. The van der Waals surface area contributed by atoms with Gasteiger partial charge in [0.05, 0.1) is 0 Å². The minimum atomic E-state index is -3.06. The van der Waals surface area contributed by atoms with Crippen LogP contribution in [0.5, 0.6) is 0 Å². The Kier molecular flexibility index (Phi) is 4.01. The van der Waals surface area contributed by atoms with Crippen LogP contribution in [0, 0.1) is 0 Å². The molecule has 5 heteroatoms. The molecule has 3 nitrogen and oxygen atoms in total. The zero-order valence-corrected chi connectivity index (χ0v) is 8.74. The minimum absolute atomic E-state index is 0.153. The molecule has 0 saturated carbocycles. The quantitative estimate of drug-likeness (QED) is 0.631. The molecule has 0 aromatic carbocycles. The van der Waals surface area contributed by atoms with Gasteiger partial charge in [-0.15, -0.1) is 0 Å². The van der Waals surface area contributed by atoms with E-state index in [2.05, 4.69) is 4.18 Å². The predicted molar refractivity (Wildman–Crippen MR) is 32.3 cm³/mol. The molecular weight excluding hydrogens is 235 g/mol. The van der Waals surface area contributed by atoms with Gasteiger partial charge in [-0.25, -0.2) is 0 Å². The summed E-state index contributed by atoms with van der Waals surface area (Å²) in [7, 11) is -3.06. The summed E-state index contributed by atoms with van der Waals surface area (Å²) in [5.41, 5.74) is 0. The van der Waals surface area contributed by atoms with Gasteiger partial charge < -0.3 is 0 Å². The van der Waals surface area contributed by atoms with Gasteiger partial charge in [0.2, 0.25) is 0 Å². The first-order valence-electron chi connectivity index (χ1n) is 2.23. The average Bonchev–Trinajstić information content (AvgIpc) is 1.59. The van der Waals surface area contributed by atoms with Crippen LogP contribution in [0.4, 0.5) is 0 Å². The van der Waals surface area contributed by atoms with Gasteiger partial charge in [0.15, 0.2) is 0 Å². The van der Waals surface area contributed by atoms with Crippen molar-refractivity contribution in [2.45, 2.75) is 13.3 Å². The summed E-state index contributed by atoms with van der Waals surface area (Å²) < 4.78 is 24.9. The van der Waals surface area contributed by atoms with Crippen LogP contribution in [0.3, 0.4) is 0 Å². The molecule has 0 atom stereocenters. The number of rotatable bonds is 3. The van der Waals surface area contributed by atoms with Crippen molar-refractivity contribution in [3.05, 3.63) is 0 Å². The van der Waals surface area contributed by atoms with Gasteiger partial charge in [-0.2, -0.15) is 0 Å². The molecule has 0 aromatic rings. The third-order valence-corrected chi connectivity index (χ3v) is 2.11. The number of hydrogen-bond donors (Lipinski definition) is 0. The number of hydrogen-bond acceptors (Lipinski definition) is 3. The summed E-state index contributed by atoms with van der Waals surface area (Å²) in [6.07, 6.45) is 0.750. The zero-order valence-electron chi connectivity index (χ0n) is 4.62. The van der Waals surface area contributed by atoms with Crippen molar-refractivity contribution in [1.29, 1.82) is 0 Å². The third kappa shape index (κ3) is 6.71. The topological polar surface area (TPSA) is 43.4 Å². The normalized spacial score (nSPS) is 11.8. The average molecular weight is 243 g/mol. The molecule has 0 spiro atoms. The molecule has 0 aliphatic carbocycles. The van der Waals surface area contributed by atoms with Crippen molar-refractivity contribution >= 4 is 28.4 Å². The molecule has 0 amide bonds. The fourth-order valence-corrected chi connectivity index (χ4v) is 1.42. The van der Waals surface area contributed by atoms with Gasteiger partial charge >= 0.3 is 61.0 Å². The predicted octanol–water partition coefficient (Wildman–Crippen LogP) is -0.441. The third-order valence-electron chi connectivity index (χ3n) is 0.452. The van der Waals surface area contributed by atoms with E-state index in [1.54, 1.807) is 0 Å². The van der Waals surface area contributed by atoms with Gasteiger partial charge in [0.25, 0.3) is 0 Å². The van der Waals surface area contributed by atoms with Crippen LogP contribution in [0.2, 0.25) is 0 Å². The van der Waals surface area contributed by atoms with E-state index in [0.29, 0.717) is 6.61 Å². The van der Waals surface area contributed by atoms with E-state index in [9.17, 15) is 8.42 Å². The van der Waals surface area contributed by atoms with Gasteiger partial charge in [-0.1, -0.05) is 0 Å². The van der Waals surface area contributed by atoms with Crippen LogP contribution < -0.4 is 0 Å². The second-order valence-corrected chi connectivity index (χ2v) is 7.48. The van der Waals surface area contributed by atoms with E-state index in [4.69, 9.17) is 0 Å². The fourth-order valence-electron chi connectivity index (χ4n) is 0.199. The van der Waals surface area contributed by atoms with Crippen molar-refractivity contribution < 1.29 is 12.6 Å². The first-order chi connectivity index (χ1) is 3.56. The summed E-state index contributed by atoms with van der Waals surface area (Å²) in [5.74, 6) is 0. The molecular formula is C3H8O3SSn. The molecule has 0 saturated heterocycles. The Balaban J connectivity index is 3.42. The summed E-state index contributed by atoms with van der Waals surface area (Å²) in [5, 5.41) is 0. The Bertz CT molecular complexity index is 139.